The van der Waals surface area contributed by atoms with Gasteiger partial charge in [0.05, 0.1) is 5.69 Å². The van der Waals surface area contributed by atoms with E-state index in [1.54, 1.807) is 0 Å². The van der Waals surface area contributed by atoms with Crippen LogP contribution < -0.4 is 0 Å². The zero-order valence-corrected chi connectivity index (χ0v) is 18.4. The molecule has 5 aromatic rings. The Kier molecular flexibility index (Phi) is 3.74. The van der Waals surface area contributed by atoms with Crippen LogP contribution in [-0.2, 0) is 5.41 Å². The lowest BCUT2D eigenvalue weighted by Gasteiger charge is -2.21. The van der Waals surface area contributed by atoms with Crippen molar-refractivity contribution in [2.24, 2.45) is 0 Å². The number of hydrogen-bond acceptors (Lipinski definition) is 2. The predicted molar refractivity (Wildman–Crippen MR) is 129 cm³/mol. The molecule has 0 saturated heterocycles. The lowest BCUT2D eigenvalue weighted by molar-refractivity contribution is 0.653. The van der Waals surface area contributed by atoms with Crippen LogP contribution in [0.25, 0.3) is 44.3 Å². The van der Waals surface area contributed by atoms with E-state index in [1.807, 2.05) is 6.20 Å². The van der Waals surface area contributed by atoms with Gasteiger partial charge in [0.1, 0.15) is 11.2 Å². The van der Waals surface area contributed by atoms with Gasteiger partial charge in [-0.25, -0.2) is 0 Å². The topological polar surface area (TPSA) is 26.0 Å². The maximum Gasteiger partial charge on any atom is 0.144 e. The number of pyridine rings is 1. The van der Waals surface area contributed by atoms with Crippen LogP contribution in [0, 0.1) is 0 Å². The third kappa shape index (κ3) is 2.48. The van der Waals surface area contributed by atoms with E-state index >= 15 is 0 Å². The van der Waals surface area contributed by atoms with Crippen molar-refractivity contribution in [3.63, 3.8) is 0 Å². The fourth-order valence-electron chi connectivity index (χ4n) is 5.20. The molecule has 0 aliphatic heterocycles. The first-order chi connectivity index (χ1) is 15.0. The molecule has 6 rings (SSSR count). The zero-order chi connectivity index (χ0) is 21.3. The first-order valence-corrected chi connectivity index (χ1v) is 11.0. The molecule has 2 nitrogen and oxygen atoms in total. The molecule has 2 heterocycles. The van der Waals surface area contributed by atoms with Crippen LogP contribution >= 0.6 is 0 Å². The number of para-hydroxylation sites is 1. The standard InChI is InChI=1S/C29H25NO/c1-17(2)18-14-15-30-25(16-18)22-10-7-9-19-20-12-13-24-26(28(20)31-27(19)22)21-8-5-6-11-23(21)29(24,3)4/h5-17H,1-4H3. The quantitative estimate of drug-likeness (QED) is 0.298. The number of hydrogen-bond donors (Lipinski definition) is 0. The van der Waals surface area contributed by atoms with Crippen LogP contribution in [0.1, 0.15) is 50.3 Å². The fourth-order valence-corrected chi connectivity index (χ4v) is 5.20. The Morgan fingerprint density at radius 2 is 1.55 bits per heavy atom. The first-order valence-electron chi connectivity index (χ1n) is 11.0. The summed E-state index contributed by atoms with van der Waals surface area (Å²) in [6.45, 7) is 9.03. The molecule has 3 aromatic carbocycles. The van der Waals surface area contributed by atoms with Crippen molar-refractivity contribution in [1.82, 2.24) is 4.98 Å². The molecule has 0 saturated carbocycles. The minimum Gasteiger partial charge on any atom is -0.455 e. The molecular weight excluding hydrogens is 378 g/mol. The highest BCUT2D eigenvalue weighted by atomic mass is 16.3. The van der Waals surface area contributed by atoms with Crippen LogP contribution in [0.15, 0.2) is 77.3 Å². The second-order valence-electron chi connectivity index (χ2n) is 9.45. The Hall–Kier alpha value is -3.39. The summed E-state index contributed by atoms with van der Waals surface area (Å²) in [5.74, 6) is 0.457. The second kappa shape index (κ2) is 6.31. The van der Waals surface area contributed by atoms with E-state index in [9.17, 15) is 0 Å². The van der Waals surface area contributed by atoms with E-state index in [0.717, 1.165) is 27.8 Å². The van der Waals surface area contributed by atoms with Crippen molar-refractivity contribution in [1.29, 1.82) is 0 Å². The normalized spacial score (nSPS) is 14.4. The summed E-state index contributed by atoms with van der Waals surface area (Å²) < 4.78 is 6.69. The average Bonchev–Trinajstić information content (AvgIpc) is 3.27. The number of fused-ring (bicyclic) bond motifs is 7. The van der Waals surface area contributed by atoms with Crippen molar-refractivity contribution in [3.05, 3.63) is 89.6 Å². The Morgan fingerprint density at radius 1 is 0.774 bits per heavy atom. The van der Waals surface area contributed by atoms with E-state index in [1.165, 1.54) is 33.2 Å². The number of rotatable bonds is 2. The summed E-state index contributed by atoms with van der Waals surface area (Å²) in [4.78, 5) is 4.68. The number of aromatic nitrogens is 1. The molecule has 0 atom stereocenters. The van der Waals surface area contributed by atoms with Gasteiger partial charge in [0.15, 0.2) is 0 Å². The van der Waals surface area contributed by atoms with E-state index < -0.39 is 0 Å². The summed E-state index contributed by atoms with van der Waals surface area (Å²) in [6.07, 6.45) is 1.91. The molecule has 152 valence electrons. The van der Waals surface area contributed by atoms with Gasteiger partial charge in [0.2, 0.25) is 0 Å². The van der Waals surface area contributed by atoms with Crippen LogP contribution in [0.5, 0.6) is 0 Å². The SMILES string of the molecule is CC(C)c1ccnc(-c2cccc3c2oc2c4c(ccc23)C(C)(C)c2ccccc2-4)c1. The third-order valence-electron chi connectivity index (χ3n) is 6.94. The van der Waals surface area contributed by atoms with Gasteiger partial charge in [-0.1, -0.05) is 76.2 Å². The van der Waals surface area contributed by atoms with Gasteiger partial charge >= 0.3 is 0 Å². The molecule has 1 aliphatic carbocycles. The summed E-state index contributed by atoms with van der Waals surface area (Å²) in [5.41, 5.74) is 10.4. The van der Waals surface area contributed by atoms with E-state index in [-0.39, 0.29) is 5.41 Å². The van der Waals surface area contributed by atoms with Gasteiger partial charge in [-0.05, 0) is 46.4 Å². The molecule has 2 heteroatoms. The van der Waals surface area contributed by atoms with Gasteiger partial charge in [0.25, 0.3) is 0 Å². The second-order valence-corrected chi connectivity index (χ2v) is 9.45. The lowest BCUT2D eigenvalue weighted by Crippen LogP contribution is -2.14. The van der Waals surface area contributed by atoms with Gasteiger partial charge in [0, 0.05) is 33.5 Å². The van der Waals surface area contributed by atoms with Gasteiger partial charge in [-0.3, -0.25) is 4.98 Å². The summed E-state index contributed by atoms with van der Waals surface area (Å²) >= 11 is 0. The average molecular weight is 404 g/mol. The lowest BCUT2D eigenvalue weighted by atomic mass is 9.82. The highest BCUT2D eigenvalue weighted by molar-refractivity contribution is 6.14. The minimum absolute atomic E-state index is 0.0327. The maximum atomic E-state index is 6.69. The molecule has 2 aromatic heterocycles. The highest BCUT2D eigenvalue weighted by Gasteiger charge is 2.37. The monoisotopic (exact) mass is 403 g/mol. The Bertz CT molecular complexity index is 1490. The molecule has 0 fully saturated rings. The molecule has 0 radical (unpaired) electrons. The molecule has 1 aliphatic rings. The van der Waals surface area contributed by atoms with E-state index in [2.05, 4.69) is 99.4 Å². The van der Waals surface area contributed by atoms with Gasteiger partial charge < -0.3 is 4.42 Å². The van der Waals surface area contributed by atoms with Gasteiger partial charge in [-0.15, -0.1) is 0 Å². The molecule has 0 amide bonds. The predicted octanol–water partition coefficient (Wildman–Crippen LogP) is 8.08. The summed E-state index contributed by atoms with van der Waals surface area (Å²) in [6, 6.07) is 23.9. The summed E-state index contributed by atoms with van der Waals surface area (Å²) in [5, 5.41) is 2.32. The number of nitrogens with zero attached hydrogens (tertiary/aromatic N) is 1. The van der Waals surface area contributed by atoms with Crippen LogP contribution in [0.3, 0.4) is 0 Å². The van der Waals surface area contributed by atoms with Crippen molar-refractivity contribution < 1.29 is 4.42 Å². The van der Waals surface area contributed by atoms with Crippen LogP contribution in [0.4, 0.5) is 0 Å². The van der Waals surface area contributed by atoms with Crippen molar-refractivity contribution in [2.75, 3.05) is 0 Å². The molecule has 0 unspecified atom stereocenters. The van der Waals surface area contributed by atoms with Crippen LogP contribution in [0.2, 0.25) is 0 Å². The summed E-state index contributed by atoms with van der Waals surface area (Å²) in [7, 11) is 0. The Balaban J connectivity index is 1.68. The first kappa shape index (κ1) is 18.4. The number of benzene rings is 3. The maximum absolute atomic E-state index is 6.69. The molecule has 0 N–H and O–H groups in total. The number of furan rings is 1. The Labute approximate surface area is 182 Å². The zero-order valence-electron chi connectivity index (χ0n) is 18.4. The van der Waals surface area contributed by atoms with Gasteiger partial charge in [-0.2, -0.15) is 0 Å². The molecule has 31 heavy (non-hydrogen) atoms. The van der Waals surface area contributed by atoms with Crippen molar-refractivity contribution in [2.45, 2.75) is 39.0 Å². The molecule has 0 spiro atoms. The highest BCUT2D eigenvalue weighted by Crippen LogP contribution is 2.52. The van der Waals surface area contributed by atoms with E-state index in [0.29, 0.717) is 5.92 Å². The van der Waals surface area contributed by atoms with Crippen LogP contribution in [-0.4, -0.2) is 4.98 Å². The minimum atomic E-state index is -0.0327. The third-order valence-corrected chi connectivity index (χ3v) is 6.94. The van der Waals surface area contributed by atoms with Crippen molar-refractivity contribution in [3.8, 4) is 22.4 Å². The smallest absolute Gasteiger partial charge is 0.144 e. The van der Waals surface area contributed by atoms with E-state index in [4.69, 9.17) is 4.42 Å². The largest absolute Gasteiger partial charge is 0.455 e. The Morgan fingerprint density at radius 3 is 2.39 bits per heavy atom. The molecule has 0 bridgehead atoms. The van der Waals surface area contributed by atoms with Crippen molar-refractivity contribution >= 4 is 21.9 Å². The fraction of sp³-hybridized carbons (Fsp3) is 0.207. The molecular formula is C29H25NO.